The molecule has 2 N–H and O–H groups in total. The molecule has 2 aromatic rings. The van der Waals surface area contributed by atoms with Gasteiger partial charge < -0.3 is 19.6 Å². The van der Waals surface area contributed by atoms with E-state index in [2.05, 4.69) is 68.1 Å². The number of piperazine rings is 1. The molecule has 2 aromatic carbocycles. The highest BCUT2D eigenvalue weighted by Crippen LogP contribution is 2.24. The fourth-order valence-corrected chi connectivity index (χ4v) is 3.56. The van der Waals surface area contributed by atoms with Crippen molar-refractivity contribution in [3.8, 4) is 5.75 Å². The summed E-state index contributed by atoms with van der Waals surface area (Å²) in [5.41, 5.74) is 2.72. The first-order chi connectivity index (χ1) is 12.9. The van der Waals surface area contributed by atoms with Crippen LogP contribution in [0.4, 0.5) is 5.69 Å². The Labute approximate surface area is 163 Å². The van der Waals surface area contributed by atoms with Gasteiger partial charge in [-0.1, -0.05) is 51.1 Å². The lowest BCUT2D eigenvalue weighted by molar-refractivity contribution is -0.903. The number of rotatable bonds is 6. The third kappa shape index (κ3) is 5.72. The summed E-state index contributed by atoms with van der Waals surface area (Å²) >= 11 is 0. The molecule has 27 heavy (non-hydrogen) atoms. The predicted molar refractivity (Wildman–Crippen MR) is 111 cm³/mol. The van der Waals surface area contributed by atoms with Crippen molar-refractivity contribution in [1.29, 1.82) is 0 Å². The molecule has 146 valence electrons. The molecule has 1 saturated heterocycles. The highest BCUT2D eigenvalue weighted by atomic mass is 16.5. The van der Waals surface area contributed by atoms with Crippen LogP contribution in [0.15, 0.2) is 54.6 Å². The van der Waals surface area contributed by atoms with Crippen LogP contribution in [0.3, 0.4) is 0 Å². The first-order valence-electron chi connectivity index (χ1n) is 9.97. The van der Waals surface area contributed by atoms with Gasteiger partial charge >= 0.3 is 0 Å². The number of para-hydroxylation sites is 1. The van der Waals surface area contributed by atoms with Crippen LogP contribution in [0.2, 0.25) is 0 Å². The molecule has 4 nitrogen and oxygen atoms in total. The summed E-state index contributed by atoms with van der Waals surface area (Å²) in [5, 5.41) is 10.4. The minimum atomic E-state index is -0.439. The molecule has 1 aliphatic rings. The fraction of sp³-hybridized carbons (Fsp3) is 0.478. The Morgan fingerprint density at radius 3 is 2.22 bits per heavy atom. The van der Waals surface area contributed by atoms with Crippen molar-refractivity contribution in [2.45, 2.75) is 32.3 Å². The summed E-state index contributed by atoms with van der Waals surface area (Å²) in [6.07, 6.45) is -0.439. The molecular formula is C23H33N2O2+. The van der Waals surface area contributed by atoms with E-state index in [1.54, 1.807) is 0 Å². The van der Waals surface area contributed by atoms with Gasteiger partial charge in [0.15, 0.2) is 0 Å². The van der Waals surface area contributed by atoms with Crippen LogP contribution in [0.1, 0.15) is 26.3 Å². The van der Waals surface area contributed by atoms with E-state index in [4.69, 9.17) is 4.74 Å². The third-order valence-electron chi connectivity index (χ3n) is 5.28. The minimum Gasteiger partial charge on any atom is -0.491 e. The number of hydrogen-bond acceptors (Lipinski definition) is 3. The number of benzene rings is 2. The van der Waals surface area contributed by atoms with Gasteiger partial charge in [0, 0.05) is 5.69 Å². The molecule has 1 heterocycles. The van der Waals surface area contributed by atoms with Gasteiger partial charge in [0.2, 0.25) is 0 Å². The van der Waals surface area contributed by atoms with Gasteiger partial charge in [0.1, 0.15) is 25.0 Å². The molecule has 1 unspecified atom stereocenters. The monoisotopic (exact) mass is 369 g/mol. The Hall–Kier alpha value is -2.04. The topological polar surface area (TPSA) is 37.1 Å². The maximum absolute atomic E-state index is 10.4. The quantitative estimate of drug-likeness (QED) is 0.819. The zero-order chi connectivity index (χ0) is 19.3. The molecular weight excluding hydrogens is 336 g/mol. The molecule has 0 spiro atoms. The maximum atomic E-state index is 10.4. The predicted octanol–water partition coefficient (Wildman–Crippen LogP) is 2.13. The largest absolute Gasteiger partial charge is 0.491 e. The number of aliphatic hydroxyl groups excluding tert-OH is 1. The van der Waals surface area contributed by atoms with Crippen molar-refractivity contribution < 1.29 is 14.7 Å². The lowest BCUT2D eigenvalue weighted by Gasteiger charge is -2.34. The number of quaternary nitrogens is 1. The summed E-state index contributed by atoms with van der Waals surface area (Å²) in [4.78, 5) is 3.87. The summed E-state index contributed by atoms with van der Waals surface area (Å²) in [6.45, 7) is 11.8. The van der Waals surface area contributed by atoms with Crippen molar-refractivity contribution >= 4 is 5.69 Å². The molecule has 4 heteroatoms. The third-order valence-corrected chi connectivity index (χ3v) is 5.28. The Balaban J connectivity index is 1.40. The number of anilines is 1. The molecule has 0 radical (unpaired) electrons. The summed E-state index contributed by atoms with van der Waals surface area (Å²) in [5.74, 6) is 0.825. The van der Waals surface area contributed by atoms with Gasteiger partial charge in [-0.05, 0) is 35.2 Å². The second-order valence-corrected chi connectivity index (χ2v) is 8.52. The Morgan fingerprint density at radius 2 is 1.63 bits per heavy atom. The van der Waals surface area contributed by atoms with E-state index in [-0.39, 0.29) is 5.41 Å². The summed E-state index contributed by atoms with van der Waals surface area (Å²) < 4.78 is 5.79. The van der Waals surface area contributed by atoms with Gasteiger partial charge in [-0.25, -0.2) is 0 Å². The number of ether oxygens (including phenoxy) is 1. The van der Waals surface area contributed by atoms with Crippen molar-refractivity contribution in [2.75, 3.05) is 44.2 Å². The van der Waals surface area contributed by atoms with Crippen LogP contribution in [0.25, 0.3) is 0 Å². The zero-order valence-corrected chi connectivity index (χ0v) is 16.8. The van der Waals surface area contributed by atoms with Gasteiger partial charge in [0.05, 0.1) is 26.2 Å². The van der Waals surface area contributed by atoms with E-state index in [1.165, 1.54) is 16.2 Å². The van der Waals surface area contributed by atoms with E-state index >= 15 is 0 Å². The molecule has 1 atom stereocenters. The van der Waals surface area contributed by atoms with Gasteiger partial charge in [-0.3, -0.25) is 0 Å². The molecule has 0 aromatic heterocycles. The average Bonchev–Trinajstić information content (AvgIpc) is 2.67. The van der Waals surface area contributed by atoms with Crippen molar-refractivity contribution in [3.63, 3.8) is 0 Å². The average molecular weight is 370 g/mol. The number of hydrogen-bond donors (Lipinski definition) is 2. The smallest absolute Gasteiger partial charge is 0.137 e. The minimum absolute atomic E-state index is 0.142. The molecule has 0 aliphatic carbocycles. The van der Waals surface area contributed by atoms with E-state index in [0.29, 0.717) is 6.61 Å². The van der Waals surface area contributed by atoms with Crippen LogP contribution < -0.4 is 14.5 Å². The molecule has 3 rings (SSSR count). The van der Waals surface area contributed by atoms with E-state index < -0.39 is 6.10 Å². The van der Waals surface area contributed by atoms with Crippen LogP contribution >= 0.6 is 0 Å². The molecule has 0 amide bonds. The highest BCUT2D eigenvalue weighted by Gasteiger charge is 2.22. The second-order valence-electron chi connectivity index (χ2n) is 8.52. The van der Waals surface area contributed by atoms with Crippen LogP contribution in [0, 0.1) is 0 Å². The lowest BCUT2D eigenvalue weighted by Crippen LogP contribution is -3.16. The zero-order valence-electron chi connectivity index (χ0n) is 16.8. The van der Waals surface area contributed by atoms with Crippen molar-refractivity contribution in [2.24, 2.45) is 0 Å². The highest BCUT2D eigenvalue weighted by molar-refractivity contribution is 5.46. The molecule has 0 bridgehead atoms. The van der Waals surface area contributed by atoms with Crippen molar-refractivity contribution in [1.82, 2.24) is 0 Å². The lowest BCUT2D eigenvalue weighted by atomic mass is 9.87. The van der Waals surface area contributed by atoms with Crippen LogP contribution in [-0.2, 0) is 5.41 Å². The maximum Gasteiger partial charge on any atom is 0.137 e. The molecule has 1 aliphatic heterocycles. The molecule has 1 fully saturated rings. The summed E-state index contributed by atoms with van der Waals surface area (Å²) in [6, 6.07) is 18.8. The SMILES string of the molecule is CC(C)(C)c1ccc(OCC(O)C[NH+]2CCN(c3ccccc3)CC2)cc1. The van der Waals surface area contributed by atoms with Gasteiger partial charge in [0.25, 0.3) is 0 Å². The Morgan fingerprint density at radius 1 is 1.00 bits per heavy atom. The Bertz CT molecular complexity index is 687. The van der Waals surface area contributed by atoms with E-state index in [9.17, 15) is 5.11 Å². The normalized spacial score (nSPS) is 17.0. The summed E-state index contributed by atoms with van der Waals surface area (Å²) in [7, 11) is 0. The van der Waals surface area contributed by atoms with Crippen molar-refractivity contribution in [3.05, 3.63) is 60.2 Å². The van der Waals surface area contributed by atoms with Crippen LogP contribution in [-0.4, -0.2) is 50.5 Å². The van der Waals surface area contributed by atoms with E-state index in [0.717, 1.165) is 38.5 Å². The van der Waals surface area contributed by atoms with Crippen LogP contribution in [0.5, 0.6) is 5.75 Å². The van der Waals surface area contributed by atoms with E-state index in [1.807, 2.05) is 12.1 Å². The Kier molecular flexibility index (Phi) is 6.40. The van der Waals surface area contributed by atoms with Gasteiger partial charge in [-0.2, -0.15) is 0 Å². The second kappa shape index (κ2) is 8.77. The van der Waals surface area contributed by atoms with Gasteiger partial charge in [-0.15, -0.1) is 0 Å². The molecule has 0 saturated carbocycles. The standard InChI is InChI=1S/C23H32N2O2/c1-23(2,3)19-9-11-22(12-10-19)27-18-21(26)17-24-13-15-25(16-14-24)20-7-5-4-6-8-20/h4-12,21,26H,13-18H2,1-3H3/p+1. The fourth-order valence-electron chi connectivity index (χ4n) is 3.56. The first-order valence-corrected chi connectivity index (χ1v) is 9.97. The number of aliphatic hydroxyl groups is 1. The number of nitrogens with one attached hydrogen (secondary N) is 1. The first kappa shape index (κ1) is 19.7. The number of nitrogens with zero attached hydrogens (tertiary/aromatic N) is 1.